The predicted molar refractivity (Wildman–Crippen MR) is 90.2 cm³/mol. The fourth-order valence-corrected chi connectivity index (χ4v) is 4.02. The van der Waals surface area contributed by atoms with Crippen molar-refractivity contribution in [1.29, 1.82) is 0 Å². The molecule has 1 saturated carbocycles. The Labute approximate surface area is 129 Å². The molecular formula is C20H29N. The highest BCUT2D eigenvalue weighted by Gasteiger charge is 2.25. The van der Waals surface area contributed by atoms with Crippen LogP contribution in [0.25, 0.3) is 0 Å². The Bertz CT molecular complexity index is 430. The first-order valence-electron chi connectivity index (χ1n) is 8.87. The molecule has 1 nitrogen and oxygen atoms in total. The first-order chi connectivity index (χ1) is 10.4. The summed E-state index contributed by atoms with van der Waals surface area (Å²) >= 11 is 0. The van der Waals surface area contributed by atoms with Crippen molar-refractivity contribution in [3.8, 4) is 0 Å². The molecule has 21 heavy (non-hydrogen) atoms. The second-order valence-electron chi connectivity index (χ2n) is 6.85. The van der Waals surface area contributed by atoms with E-state index in [0.717, 1.165) is 11.8 Å². The molecule has 1 fully saturated rings. The van der Waals surface area contributed by atoms with Crippen LogP contribution >= 0.6 is 0 Å². The summed E-state index contributed by atoms with van der Waals surface area (Å²) in [5, 5.41) is 3.94. The van der Waals surface area contributed by atoms with Gasteiger partial charge in [0, 0.05) is 6.04 Å². The van der Waals surface area contributed by atoms with Crippen molar-refractivity contribution in [2.24, 2.45) is 11.8 Å². The fourth-order valence-electron chi connectivity index (χ4n) is 4.02. The van der Waals surface area contributed by atoms with Crippen LogP contribution in [0, 0.1) is 11.8 Å². The van der Waals surface area contributed by atoms with Crippen molar-refractivity contribution in [3.05, 3.63) is 48.0 Å². The highest BCUT2D eigenvalue weighted by atomic mass is 14.9. The third-order valence-electron chi connectivity index (χ3n) is 5.28. The van der Waals surface area contributed by atoms with Gasteiger partial charge in [0.15, 0.2) is 0 Å². The van der Waals surface area contributed by atoms with Gasteiger partial charge in [-0.05, 0) is 56.0 Å². The van der Waals surface area contributed by atoms with Crippen LogP contribution in [-0.4, -0.2) is 6.54 Å². The monoisotopic (exact) mass is 283 g/mol. The molecule has 0 bridgehead atoms. The van der Waals surface area contributed by atoms with Crippen LogP contribution in [0.3, 0.4) is 0 Å². The quantitative estimate of drug-likeness (QED) is 0.727. The van der Waals surface area contributed by atoms with Crippen molar-refractivity contribution in [3.63, 3.8) is 0 Å². The van der Waals surface area contributed by atoms with Gasteiger partial charge in [-0.2, -0.15) is 0 Å². The van der Waals surface area contributed by atoms with E-state index in [1.54, 1.807) is 0 Å². The van der Waals surface area contributed by atoms with E-state index in [0.29, 0.717) is 6.04 Å². The number of nitrogens with one attached hydrogen (secondary N) is 1. The lowest BCUT2D eigenvalue weighted by Crippen LogP contribution is -2.33. The average molecular weight is 283 g/mol. The van der Waals surface area contributed by atoms with E-state index in [4.69, 9.17) is 0 Å². The van der Waals surface area contributed by atoms with Gasteiger partial charge in [-0.3, -0.25) is 0 Å². The summed E-state index contributed by atoms with van der Waals surface area (Å²) in [6, 6.07) is 11.7. The number of hydrogen-bond donors (Lipinski definition) is 1. The SMILES string of the molecule is C1=CCC(CNC(c2ccccc2)C2CCCCC2)CC1. The third kappa shape index (κ3) is 4.20. The minimum atomic E-state index is 0.567. The van der Waals surface area contributed by atoms with Gasteiger partial charge in [0.2, 0.25) is 0 Å². The fraction of sp³-hybridized carbons (Fsp3) is 0.600. The zero-order valence-corrected chi connectivity index (χ0v) is 13.1. The molecule has 0 saturated heterocycles. The Morgan fingerprint density at radius 1 is 0.952 bits per heavy atom. The Hall–Kier alpha value is -1.08. The number of rotatable bonds is 5. The largest absolute Gasteiger partial charge is 0.309 e. The summed E-state index contributed by atoms with van der Waals surface area (Å²) < 4.78 is 0. The maximum Gasteiger partial charge on any atom is 0.0348 e. The first-order valence-corrected chi connectivity index (χ1v) is 8.87. The summed E-state index contributed by atoms with van der Waals surface area (Å²) in [6.07, 6.45) is 15.7. The van der Waals surface area contributed by atoms with Crippen LogP contribution in [0.2, 0.25) is 0 Å². The Balaban J connectivity index is 1.65. The molecule has 2 atom stereocenters. The molecule has 1 heteroatoms. The van der Waals surface area contributed by atoms with E-state index in [-0.39, 0.29) is 0 Å². The number of benzene rings is 1. The molecule has 1 aromatic carbocycles. The Morgan fingerprint density at radius 2 is 1.76 bits per heavy atom. The lowest BCUT2D eigenvalue weighted by molar-refractivity contribution is 0.259. The van der Waals surface area contributed by atoms with Crippen LogP contribution in [0.4, 0.5) is 0 Å². The van der Waals surface area contributed by atoms with Crippen molar-refractivity contribution in [2.75, 3.05) is 6.54 Å². The van der Waals surface area contributed by atoms with Crippen molar-refractivity contribution in [2.45, 2.75) is 57.4 Å². The first kappa shape index (κ1) is 14.8. The highest BCUT2D eigenvalue weighted by molar-refractivity contribution is 5.20. The van der Waals surface area contributed by atoms with Gasteiger partial charge in [-0.25, -0.2) is 0 Å². The summed E-state index contributed by atoms with van der Waals surface area (Å²) in [7, 11) is 0. The van der Waals surface area contributed by atoms with E-state index in [2.05, 4.69) is 47.8 Å². The maximum atomic E-state index is 3.94. The van der Waals surface area contributed by atoms with Crippen molar-refractivity contribution >= 4 is 0 Å². The van der Waals surface area contributed by atoms with E-state index >= 15 is 0 Å². The molecule has 2 aliphatic rings. The van der Waals surface area contributed by atoms with Crippen LogP contribution in [0.1, 0.15) is 63.0 Å². The normalized spacial score (nSPS) is 24.9. The van der Waals surface area contributed by atoms with Crippen LogP contribution < -0.4 is 5.32 Å². The molecule has 2 unspecified atom stereocenters. The molecule has 0 heterocycles. The second kappa shape index (κ2) is 7.79. The summed E-state index contributed by atoms with van der Waals surface area (Å²) in [6.45, 7) is 1.18. The topological polar surface area (TPSA) is 12.0 Å². The third-order valence-corrected chi connectivity index (χ3v) is 5.28. The summed E-state index contributed by atoms with van der Waals surface area (Å²) in [5.41, 5.74) is 1.50. The van der Waals surface area contributed by atoms with E-state index in [1.165, 1.54) is 63.5 Å². The van der Waals surface area contributed by atoms with Crippen LogP contribution in [0.15, 0.2) is 42.5 Å². The molecule has 0 spiro atoms. The van der Waals surface area contributed by atoms with Gasteiger partial charge in [0.1, 0.15) is 0 Å². The van der Waals surface area contributed by atoms with Crippen molar-refractivity contribution in [1.82, 2.24) is 5.32 Å². The second-order valence-corrected chi connectivity index (χ2v) is 6.85. The van der Waals surface area contributed by atoms with Crippen LogP contribution in [-0.2, 0) is 0 Å². The lowest BCUT2D eigenvalue weighted by Gasteiger charge is -2.33. The Morgan fingerprint density at radius 3 is 2.48 bits per heavy atom. The van der Waals surface area contributed by atoms with Crippen molar-refractivity contribution < 1.29 is 0 Å². The predicted octanol–water partition coefficient (Wildman–Crippen LogP) is 5.25. The molecule has 2 aliphatic carbocycles. The lowest BCUT2D eigenvalue weighted by atomic mass is 9.80. The van der Waals surface area contributed by atoms with Gasteiger partial charge in [0.25, 0.3) is 0 Å². The Kier molecular flexibility index (Phi) is 5.51. The molecule has 0 amide bonds. The van der Waals surface area contributed by atoms with E-state index in [1.807, 2.05) is 0 Å². The zero-order chi connectivity index (χ0) is 14.3. The molecule has 1 aromatic rings. The average Bonchev–Trinajstić information content (AvgIpc) is 2.58. The standard InChI is InChI=1S/C20H29N/c1-4-10-17(11-5-1)16-21-20(18-12-6-2-7-13-18)19-14-8-3-9-15-19/h1-2,4,6-7,12-13,17,19-21H,3,5,8-11,14-16H2. The molecule has 3 rings (SSSR count). The summed E-state index contributed by atoms with van der Waals surface area (Å²) in [4.78, 5) is 0. The number of hydrogen-bond acceptors (Lipinski definition) is 1. The zero-order valence-electron chi connectivity index (χ0n) is 13.1. The molecule has 1 N–H and O–H groups in total. The minimum Gasteiger partial charge on any atom is -0.309 e. The molecule has 0 aliphatic heterocycles. The smallest absolute Gasteiger partial charge is 0.0348 e. The molecule has 0 radical (unpaired) electrons. The molecule has 114 valence electrons. The van der Waals surface area contributed by atoms with E-state index < -0.39 is 0 Å². The van der Waals surface area contributed by atoms with Gasteiger partial charge in [0.05, 0.1) is 0 Å². The highest BCUT2D eigenvalue weighted by Crippen LogP contribution is 2.34. The van der Waals surface area contributed by atoms with Gasteiger partial charge in [-0.1, -0.05) is 61.7 Å². The minimum absolute atomic E-state index is 0.567. The van der Waals surface area contributed by atoms with Crippen LogP contribution in [0.5, 0.6) is 0 Å². The van der Waals surface area contributed by atoms with Gasteiger partial charge in [-0.15, -0.1) is 0 Å². The maximum absolute atomic E-state index is 3.94. The molecule has 0 aromatic heterocycles. The summed E-state index contributed by atoms with van der Waals surface area (Å²) in [5.74, 6) is 1.67. The van der Waals surface area contributed by atoms with Gasteiger partial charge >= 0.3 is 0 Å². The number of allylic oxidation sites excluding steroid dienone is 2. The molecular weight excluding hydrogens is 254 g/mol. The van der Waals surface area contributed by atoms with Gasteiger partial charge < -0.3 is 5.32 Å². The van der Waals surface area contributed by atoms with E-state index in [9.17, 15) is 0 Å².